The van der Waals surface area contributed by atoms with Crippen LogP contribution in [-0.2, 0) is 0 Å². The highest BCUT2D eigenvalue weighted by Crippen LogP contribution is 2.20. The van der Waals surface area contributed by atoms with Crippen LogP contribution < -0.4 is 10.1 Å². The molecule has 98 valence electrons. The number of rotatable bonds is 4. The Labute approximate surface area is 115 Å². The molecule has 0 unspecified atom stereocenters. The molecule has 0 bridgehead atoms. The molecule has 0 saturated heterocycles. The van der Waals surface area contributed by atoms with Crippen LogP contribution in [0.25, 0.3) is 11.3 Å². The zero-order valence-corrected chi connectivity index (χ0v) is 11.1. The summed E-state index contributed by atoms with van der Waals surface area (Å²) in [5.74, 6) is 1.33. The van der Waals surface area contributed by atoms with E-state index >= 15 is 0 Å². The van der Waals surface area contributed by atoms with Crippen LogP contribution in [0.5, 0.6) is 0 Å². The van der Waals surface area contributed by atoms with Crippen molar-refractivity contribution in [3.8, 4) is 11.3 Å². The number of nitrogens with one attached hydrogen (secondary N) is 2. The van der Waals surface area contributed by atoms with Gasteiger partial charge in [-0.3, -0.25) is 4.72 Å². The van der Waals surface area contributed by atoms with Crippen LogP contribution in [-0.4, -0.2) is 18.5 Å². The number of carbonyl (C=O) groups excluding carboxylic acids is 1. The lowest BCUT2D eigenvalue weighted by Crippen LogP contribution is -2.26. The highest BCUT2D eigenvalue weighted by Gasteiger charge is 2.02. The van der Waals surface area contributed by atoms with E-state index in [-0.39, 0.29) is 6.03 Å². The number of furan rings is 1. The first-order valence-corrected chi connectivity index (χ1v) is 6.79. The quantitative estimate of drug-likeness (QED) is 0.512. The number of hydrogen-bond donors (Lipinski definition) is 2. The third-order valence-electron chi connectivity index (χ3n) is 2.24. The fraction of sp³-hybridized carbons (Fsp3) is 0.0769. The van der Waals surface area contributed by atoms with Gasteiger partial charge in [-0.1, -0.05) is 42.3 Å². The van der Waals surface area contributed by atoms with E-state index in [2.05, 4.69) is 15.2 Å². The topological polar surface area (TPSA) is 66.6 Å². The lowest BCUT2D eigenvalue weighted by molar-refractivity contribution is 0.247. The Bertz CT molecular complexity index is 566. The number of urea groups is 1. The highest BCUT2D eigenvalue weighted by atomic mass is 32.2. The summed E-state index contributed by atoms with van der Waals surface area (Å²) in [4.78, 5) is 11.1. The molecule has 2 aromatic rings. The van der Waals surface area contributed by atoms with E-state index in [1.165, 1.54) is 18.2 Å². The van der Waals surface area contributed by atoms with E-state index in [4.69, 9.17) is 4.42 Å². The number of amides is 2. The van der Waals surface area contributed by atoms with Gasteiger partial charge in [-0.05, 0) is 12.1 Å². The van der Waals surface area contributed by atoms with Gasteiger partial charge in [0.25, 0.3) is 0 Å². The van der Waals surface area contributed by atoms with Gasteiger partial charge in [0, 0.05) is 11.8 Å². The maximum atomic E-state index is 11.1. The average molecular weight is 275 g/mol. The number of nitrogens with zero attached hydrogens (tertiary/aromatic N) is 1. The van der Waals surface area contributed by atoms with E-state index in [1.54, 1.807) is 12.3 Å². The number of benzene rings is 1. The summed E-state index contributed by atoms with van der Waals surface area (Å²) in [6.45, 7) is 0. The molecule has 0 fully saturated rings. The Hall–Kier alpha value is -2.21. The van der Waals surface area contributed by atoms with Crippen LogP contribution in [0.1, 0.15) is 5.76 Å². The molecule has 19 heavy (non-hydrogen) atoms. The summed E-state index contributed by atoms with van der Waals surface area (Å²) in [6, 6.07) is 13.0. The zero-order chi connectivity index (χ0) is 13.5. The molecule has 2 rings (SSSR count). The molecule has 0 atom stereocenters. The first-order chi connectivity index (χ1) is 9.29. The SMILES string of the molecule is CSNC(=O)N/N=C/c1ccc(-c2ccccc2)o1. The summed E-state index contributed by atoms with van der Waals surface area (Å²) < 4.78 is 8.07. The maximum Gasteiger partial charge on any atom is 0.345 e. The normalized spacial score (nSPS) is 10.6. The van der Waals surface area contributed by atoms with Crippen molar-refractivity contribution >= 4 is 24.2 Å². The van der Waals surface area contributed by atoms with Crippen molar-refractivity contribution < 1.29 is 9.21 Å². The van der Waals surface area contributed by atoms with Gasteiger partial charge in [-0.2, -0.15) is 5.10 Å². The van der Waals surface area contributed by atoms with Gasteiger partial charge in [-0.15, -0.1) is 0 Å². The molecule has 2 amide bonds. The first kappa shape index (κ1) is 13.2. The maximum absolute atomic E-state index is 11.1. The lowest BCUT2D eigenvalue weighted by Gasteiger charge is -1.97. The second-order valence-corrected chi connectivity index (χ2v) is 4.19. The Kier molecular flexibility index (Phi) is 4.63. The number of carbonyl (C=O) groups is 1. The smallest absolute Gasteiger partial charge is 0.345 e. The predicted molar refractivity (Wildman–Crippen MR) is 76.9 cm³/mol. The fourth-order valence-electron chi connectivity index (χ4n) is 1.45. The molecule has 0 aliphatic carbocycles. The molecule has 1 heterocycles. The van der Waals surface area contributed by atoms with Crippen molar-refractivity contribution in [3.63, 3.8) is 0 Å². The van der Waals surface area contributed by atoms with Crippen molar-refractivity contribution in [2.75, 3.05) is 6.26 Å². The summed E-state index contributed by atoms with van der Waals surface area (Å²) in [6.07, 6.45) is 3.20. The van der Waals surface area contributed by atoms with E-state index in [1.807, 2.05) is 36.4 Å². The molecule has 0 spiro atoms. The second-order valence-electron chi connectivity index (χ2n) is 3.57. The van der Waals surface area contributed by atoms with Gasteiger partial charge in [0.15, 0.2) is 0 Å². The van der Waals surface area contributed by atoms with Crippen LogP contribution >= 0.6 is 11.9 Å². The minimum Gasteiger partial charge on any atom is -0.455 e. The van der Waals surface area contributed by atoms with Gasteiger partial charge in [0.1, 0.15) is 11.5 Å². The first-order valence-electron chi connectivity index (χ1n) is 5.57. The fourth-order valence-corrected chi connectivity index (χ4v) is 1.68. The van der Waals surface area contributed by atoms with Crippen LogP contribution in [0.2, 0.25) is 0 Å². The van der Waals surface area contributed by atoms with Gasteiger partial charge in [0.05, 0.1) is 6.21 Å². The molecular formula is C13H13N3O2S. The minimum atomic E-state index is -0.376. The largest absolute Gasteiger partial charge is 0.455 e. The van der Waals surface area contributed by atoms with Crippen LogP contribution in [0, 0.1) is 0 Å². The monoisotopic (exact) mass is 275 g/mol. The zero-order valence-electron chi connectivity index (χ0n) is 10.3. The Balaban J connectivity index is 1.98. The molecule has 5 nitrogen and oxygen atoms in total. The van der Waals surface area contributed by atoms with Gasteiger partial charge in [0.2, 0.25) is 0 Å². The van der Waals surface area contributed by atoms with Crippen molar-refractivity contribution in [2.45, 2.75) is 0 Å². The predicted octanol–water partition coefficient (Wildman–Crippen LogP) is 2.86. The van der Waals surface area contributed by atoms with Crippen molar-refractivity contribution in [2.24, 2.45) is 5.10 Å². The molecule has 0 saturated carbocycles. The average Bonchev–Trinajstić information content (AvgIpc) is 2.89. The summed E-state index contributed by atoms with van der Waals surface area (Å²) >= 11 is 1.20. The Morgan fingerprint density at radius 1 is 1.26 bits per heavy atom. The lowest BCUT2D eigenvalue weighted by atomic mass is 10.2. The molecule has 0 radical (unpaired) electrons. The summed E-state index contributed by atoms with van der Waals surface area (Å²) in [7, 11) is 0. The van der Waals surface area contributed by atoms with Gasteiger partial charge in [-0.25, -0.2) is 10.2 Å². The molecular weight excluding hydrogens is 262 g/mol. The number of hydrogen-bond acceptors (Lipinski definition) is 4. The standard InChI is InChI=1S/C13H13N3O2S/c1-19-16-13(17)15-14-9-11-7-8-12(18-11)10-5-3-2-4-6-10/h2-9H,1H3,(H2,15,16,17)/b14-9+. The molecule has 1 aromatic heterocycles. The van der Waals surface area contributed by atoms with Crippen molar-refractivity contribution in [1.82, 2.24) is 10.1 Å². The molecule has 6 heteroatoms. The second kappa shape index (κ2) is 6.65. The summed E-state index contributed by atoms with van der Waals surface area (Å²) in [5, 5.41) is 3.77. The third kappa shape index (κ3) is 3.89. The van der Waals surface area contributed by atoms with Crippen molar-refractivity contribution in [1.29, 1.82) is 0 Å². The van der Waals surface area contributed by atoms with Crippen LogP contribution in [0.4, 0.5) is 4.79 Å². The van der Waals surface area contributed by atoms with Crippen LogP contribution in [0.15, 0.2) is 52.0 Å². The minimum absolute atomic E-state index is 0.376. The molecule has 0 aliphatic heterocycles. The molecule has 1 aromatic carbocycles. The van der Waals surface area contributed by atoms with E-state index in [0.717, 1.165) is 11.3 Å². The van der Waals surface area contributed by atoms with E-state index in [0.29, 0.717) is 5.76 Å². The molecule has 0 aliphatic rings. The van der Waals surface area contributed by atoms with Crippen LogP contribution in [0.3, 0.4) is 0 Å². The number of hydrazone groups is 1. The Morgan fingerprint density at radius 2 is 2.05 bits per heavy atom. The van der Waals surface area contributed by atoms with Gasteiger partial charge >= 0.3 is 6.03 Å². The molecule has 2 N–H and O–H groups in total. The summed E-state index contributed by atoms with van der Waals surface area (Å²) in [5.41, 5.74) is 3.32. The Morgan fingerprint density at radius 3 is 2.79 bits per heavy atom. The highest BCUT2D eigenvalue weighted by molar-refractivity contribution is 7.97. The van der Waals surface area contributed by atoms with Crippen molar-refractivity contribution in [3.05, 3.63) is 48.2 Å². The third-order valence-corrected chi connectivity index (χ3v) is 2.63. The van der Waals surface area contributed by atoms with E-state index < -0.39 is 0 Å². The van der Waals surface area contributed by atoms with E-state index in [9.17, 15) is 4.79 Å². The van der Waals surface area contributed by atoms with Gasteiger partial charge < -0.3 is 4.42 Å².